The van der Waals surface area contributed by atoms with Crippen LogP contribution < -0.4 is 14.8 Å². The number of nitrogens with one attached hydrogen (secondary N) is 1. The molecule has 0 bridgehead atoms. The summed E-state index contributed by atoms with van der Waals surface area (Å²) in [7, 11) is 3.12. The fourth-order valence-corrected chi connectivity index (χ4v) is 4.20. The minimum Gasteiger partial charge on any atom is -0.497 e. The number of rotatable bonds is 6. The van der Waals surface area contributed by atoms with E-state index in [1.807, 2.05) is 30.3 Å². The Morgan fingerprint density at radius 1 is 1.03 bits per heavy atom. The van der Waals surface area contributed by atoms with E-state index in [0.29, 0.717) is 17.1 Å². The van der Waals surface area contributed by atoms with E-state index in [9.17, 15) is 4.79 Å². The molecule has 3 aromatic rings. The smallest absolute Gasteiger partial charge is 0.256 e. The Morgan fingerprint density at radius 3 is 2.40 bits per heavy atom. The zero-order chi connectivity index (χ0) is 20.9. The lowest BCUT2D eigenvalue weighted by molar-refractivity contribution is 0.102. The summed E-state index contributed by atoms with van der Waals surface area (Å²) in [6.45, 7) is 0. The number of carbonyl (C=O) groups excluding carboxylic acids is 1. The van der Waals surface area contributed by atoms with Crippen LogP contribution in [0.1, 0.15) is 28.9 Å². The van der Waals surface area contributed by atoms with E-state index in [-0.39, 0.29) is 5.91 Å². The lowest BCUT2D eigenvalue weighted by atomic mass is 10.0. The van der Waals surface area contributed by atoms with Gasteiger partial charge in [-0.15, -0.1) is 0 Å². The Bertz CT molecular complexity index is 1090. The third kappa shape index (κ3) is 4.28. The monoisotopic (exact) mass is 418 g/mol. The molecule has 1 amide bonds. The standard InChI is InChI=1S/C24H22N2O3S/c1-28-19-13-18(14-20(15-19)29-2)22(27)26-24-21(16-9-5-3-6-10-16)25-23(30-24)17-11-7-4-8-12-17/h4-5,7-15H,3,6H2,1-2H3,(H,26,27). The molecule has 5 nitrogen and oxygen atoms in total. The van der Waals surface area contributed by atoms with Crippen LogP contribution in [0.25, 0.3) is 16.1 Å². The predicted molar refractivity (Wildman–Crippen MR) is 121 cm³/mol. The summed E-state index contributed by atoms with van der Waals surface area (Å²) in [5.41, 5.74) is 3.30. The van der Waals surface area contributed by atoms with Crippen molar-refractivity contribution >= 4 is 27.8 Å². The van der Waals surface area contributed by atoms with Gasteiger partial charge in [0.1, 0.15) is 27.2 Å². The molecule has 152 valence electrons. The lowest BCUT2D eigenvalue weighted by Crippen LogP contribution is -2.12. The van der Waals surface area contributed by atoms with Gasteiger partial charge in [0.05, 0.1) is 14.2 Å². The van der Waals surface area contributed by atoms with Crippen molar-refractivity contribution in [3.05, 3.63) is 78.0 Å². The number of aromatic nitrogens is 1. The van der Waals surface area contributed by atoms with Crippen molar-refractivity contribution in [2.75, 3.05) is 19.5 Å². The highest BCUT2D eigenvalue weighted by molar-refractivity contribution is 7.19. The summed E-state index contributed by atoms with van der Waals surface area (Å²) in [6.07, 6.45) is 8.34. The maximum absolute atomic E-state index is 13.1. The fourth-order valence-electron chi connectivity index (χ4n) is 3.21. The molecule has 1 N–H and O–H groups in total. The van der Waals surface area contributed by atoms with Crippen LogP contribution in [0.4, 0.5) is 5.00 Å². The van der Waals surface area contributed by atoms with Crippen molar-refractivity contribution < 1.29 is 14.3 Å². The number of hydrogen-bond donors (Lipinski definition) is 1. The van der Waals surface area contributed by atoms with E-state index in [2.05, 4.69) is 23.5 Å². The molecule has 1 heterocycles. The molecule has 0 radical (unpaired) electrons. The summed E-state index contributed by atoms with van der Waals surface area (Å²) >= 11 is 1.47. The highest BCUT2D eigenvalue weighted by Crippen LogP contribution is 2.37. The van der Waals surface area contributed by atoms with Crippen LogP contribution in [-0.4, -0.2) is 25.1 Å². The van der Waals surface area contributed by atoms with Crippen molar-refractivity contribution in [3.63, 3.8) is 0 Å². The molecule has 1 aliphatic rings. The van der Waals surface area contributed by atoms with E-state index in [1.165, 1.54) is 11.3 Å². The lowest BCUT2D eigenvalue weighted by Gasteiger charge is -2.10. The topological polar surface area (TPSA) is 60.5 Å². The highest BCUT2D eigenvalue weighted by Gasteiger charge is 2.19. The number of allylic oxidation sites excluding steroid dienone is 4. The van der Waals surface area contributed by atoms with E-state index in [1.54, 1.807) is 32.4 Å². The van der Waals surface area contributed by atoms with Crippen molar-refractivity contribution in [2.45, 2.75) is 12.8 Å². The average Bonchev–Trinajstić information content (AvgIpc) is 3.23. The normalized spacial score (nSPS) is 12.9. The molecule has 1 aromatic heterocycles. The number of methoxy groups -OCH3 is 2. The second kappa shape index (κ2) is 8.97. The second-order valence-corrected chi connectivity index (χ2v) is 7.76. The minimum absolute atomic E-state index is 0.239. The third-order valence-electron chi connectivity index (χ3n) is 4.76. The zero-order valence-electron chi connectivity index (χ0n) is 16.8. The van der Waals surface area contributed by atoms with Gasteiger partial charge in [-0.05, 0) is 30.5 Å². The van der Waals surface area contributed by atoms with Gasteiger partial charge in [0, 0.05) is 17.2 Å². The molecule has 6 heteroatoms. The quantitative estimate of drug-likeness (QED) is 0.548. The molecule has 0 saturated heterocycles. The van der Waals surface area contributed by atoms with Gasteiger partial charge in [-0.3, -0.25) is 4.79 Å². The van der Waals surface area contributed by atoms with Crippen molar-refractivity contribution in [3.8, 4) is 22.1 Å². The maximum Gasteiger partial charge on any atom is 0.256 e. The molecule has 0 unspecified atom stereocenters. The second-order valence-electron chi connectivity index (χ2n) is 6.76. The summed E-state index contributed by atoms with van der Waals surface area (Å²) in [5, 5.41) is 4.63. The van der Waals surface area contributed by atoms with E-state index in [4.69, 9.17) is 14.5 Å². The first-order chi connectivity index (χ1) is 14.7. The van der Waals surface area contributed by atoms with Gasteiger partial charge < -0.3 is 14.8 Å². The SMILES string of the molecule is COc1cc(OC)cc(C(=O)Nc2sc(-c3ccccc3)nc2C2=CCCC=C2)c1. The fraction of sp³-hybridized carbons (Fsp3) is 0.167. The number of thiazole rings is 1. The molecular weight excluding hydrogens is 396 g/mol. The van der Waals surface area contributed by atoms with Crippen LogP contribution in [0.15, 0.2) is 66.8 Å². The molecule has 0 fully saturated rings. The van der Waals surface area contributed by atoms with Gasteiger partial charge in [0.2, 0.25) is 0 Å². The van der Waals surface area contributed by atoms with Crippen LogP contribution in [0.2, 0.25) is 0 Å². The molecule has 0 spiro atoms. The van der Waals surface area contributed by atoms with Gasteiger partial charge >= 0.3 is 0 Å². The molecule has 1 aliphatic carbocycles. The van der Waals surface area contributed by atoms with Crippen LogP contribution in [-0.2, 0) is 0 Å². The first-order valence-corrected chi connectivity index (χ1v) is 10.5. The van der Waals surface area contributed by atoms with Crippen molar-refractivity contribution in [1.29, 1.82) is 0 Å². The summed E-state index contributed by atoms with van der Waals surface area (Å²) in [6, 6.07) is 15.1. The third-order valence-corrected chi connectivity index (χ3v) is 5.78. The van der Waals surface area contributed by atoms with Gasteiger partial charge in [-0.2, -0.15) is 0 Å². The van der Waals surface area contributed by atoms with Gasteiger partial charge in [-0.1, -0.05) is 59.9 Å². The summed E-state index contributed by atoms with van der Waals surface area (Å²) in [4.78, 5) is 17.9. The van der Waals surface area contributed by atoms with E-state index in [0.717, 1.165) is 39.7 Å². The van der Waals surface area contributed by atoms with Crippen molar-refractivity contribution in [1.82, 2.24) is 4.98 Å². The Hall–Kier alpha value is -3.38. The molecular formula is C24H22N2O3S. The number of carbonyl (C=O) groups is 1. The van der Waals surface area contributed by atoms with Gasteiger partial charge in [0.25, 0.3) is 5.91 Å². The molecule has 0 atom stereocenters. The summed E-state index contributed by atoms with van der Waals surface area (Å²) in [5.74, 6) is 0.885. The van der Waals surface area contributed by atoms with Crippen LogP contribution >= 0.6 is 11.3 Å². The Balaban J connectivity index is 1.71. The Morgan fingerprint density at radius 2 is 1.77 bits per heavy atom. The highest BCUT2D eigenvalue weighted by atomic mass is 32.1. The minimum atomic E-state index is -0.239. The largest absolute Gasteiger partial charge is 0.497 e. The van der Waals surface area contributed by atoms with Gasteiger partial charge in [0.15, 0.2) is 0 Å². The maximum atomic E-state index is 13.1. The molecule has 0 aliphatic heterocycles. The molecule has 4 rings (SSSR count). The first-order valence-electron chi connectivity index (χ1n) is 9.65. The Kier molecular flexibility index (Phi) is 5.95. The number of ether oxygens (including phenoxy) is 2. The zero-order valence-corrected chi connectivity index (χ0v) is 17.7. The van der Waals surface area contributed by atoms with Crippen molar-refractivity contribution in [2.24, 2.45) is 0 Å². The number of hydrogen-bond acceptors (Lipinski definition) is 5. The van der Waals surface area contributed by atoms with Crippen LogP contribution in [0, 0.1) is 0 Å². The summed E-state index contributed by atoms with van der Waals surface area (Å²) < 4.78 is 10.6. The molecule has 2 aromatic carbocycles. The number of nitrogens with zero attached hydrogens (tertiary/aromatic N) is 1. The number of benzene rings is 2. The van der Waals surface area contributed by atoms with Gasteiger partial charge in [-0.25, -0.2) is 4.98 Å². The first kappa shape index (κ1) is 19.9. The van der Waals surface area contributed by atoms with Crippen LogP contribution in [0.3, 0.4) is 0 Å². The predicted octanol–water partition coefficient (Wildman–Crippen LogP) is 5.81. The van der Waals surface area contributed by atoms with E-state index < -0.39 is 0 Å². The Labute approximate surface area is 179 Å². The number of anilines is 1. The van der Waals surface area contributed by atoms with E-state index >= 15 is 0 Å². The molecule has 0 saturated carbocycles. The molecule has 30 heavy (non-hydrogen) atoms. The van der Waals surface area contributed by atoms with Crippen LogP contribution in [0.5, 0.6) is 11.5 Å². The average molecular weight is 419 g/mol. The number of amides is 1.